The first-order valence-corrected chi connectivity index (χ1v) is 18.9. The molecule has 2 heteroatoms. The molecule has 0 bridgehead atoms. The molecule has 0 radical (unpaired) electrons. The van der Waals surface area contributed by atoms with Crippen LogP contribution in [0.1, 0.15) is 61.1 Å². The van der Waals surface area contributed by atoms with E-state index in [0.717, 1.165) is 25.7 Å². The Hall–Kier alpha value is -5.08. The highest BCUT2D eigenvalue weighted by molar-refractivity contribution is 5.91. The van der Waals surface area contributed by atoms with Crippen LogP contribution in [-0.4, -0.2) is 18.1 Å². The predicted octanol–water partition coefficient (Wildman–Crippen LogP) is 11.8. The van der Waals surface area contributed by atoms with Crippen molar-refractivity contribution in [3.8, 4) is 11.1 Å². The fourth-order valence-corrected chi connectivity index (χ4v) is 9.98. The average Bonchev–Trinajstić information content (AvgIpc) is 3.71. The fourth-order valence-electron chi connectivity index (χ4n) is 9.98. The molecule has 1 fully saturated rings. The van der Waals surface area contributed by atoms with Crippen molar-refractivity contribution >= 4 is 28.2 Å². The van der Waals surface area contributed by atoms with Crippen molar-refractivity contribution in [2.45, 2.75) is 62.6 Å². The van der Waals surface area contributed by atoms with Crippen LogP contribution in [0.4, 0.5) is 17.1 Å². The van der Waals surface area contributed by atoms with Crippen LogP contribution in [0.15, 0.2) is 158 Å². The van der Waals surface area contributed by atoms with Gasteiger partial charge in [-0.15, -0.1) is 0 Å². The van der Waals surface area contributed by atoms with Gasteiger partial charge in [-0.1, -0.05) is 134 Å². The molecule has 0 aromatic heterocycles. The molecule has 4 aliphatic carbocycles. The van der Waals surface area contributed by atoms with Gasteiger partial charge >= 0.3 is 0 Å². The summed E-state index contributed by atoms with van der Waals surface area (Å²) in [6.45, 7) is 0. The van der Waals surface area contributed by atoms with Gasteiger partial charge in [0.25, 0.3) is 0 Å². The number of para-hydroxylation sites is 1. The predicted molar refractivity (Wildman–Crippen MR) is 211 cm³/mol. The lowest BCUT2D eigenvalue weighted by Gasteiger charge is -2.34. The quantitative estimate of drug-likeness (QED) is 0.199. The minimum absolute atomic E-state index is 0.344. The summed E-state index contributed by atoms with van der Waals surface area (Å²) in [7, 11) is 0. The van der Waals surface area contributed by atoms with E-state index in [2.05, 4.69) is 168 Å². The molecular weight excluding hydrogens is 605 g/mol. The number of fused-ring (bicyclic) bond motifs is 6. The highest BCUT2D eigenvalue weighted by atomic mass is 15.2. The zero-order chi connectivity index (χ0) is 33.0. The van der Waals surface area contributed by atoms with E-state index < -0.39 is 0 Å². The van der Waals surface area contributed by atoms with E-state index >= 15 is 0 Å². The second-order valence-electron chi connectivity index (χ2n) is 14.9. The molecule has 2 aliphatic heterocycles. The second-order valence-corrected chi connectivity index (χ2v) is 14.9. The highest BCUT2D eigenvalue weighted by Gasteiger charge is 2.48. The number of nitrogens with zero attached hydrogens (tertiary/aromatic N) is 2. The molecular formula is C48H44N2. The van der Waals surface area contributed by atoms with E-state index in [-0.39, 0.29) is 0 Å². The summed E-state index contributed by atoms with van der Waals surface area (Å²) < 4.78 is 0. The van der Waals surface area contributed by atoms with Crippen LogP contribution in [-0.2, 0) is 0 Å². The van der Waals surface area contributed by atoms with Crippen LogP contribution in [0.5, 0.6) is 0 Å². The minimum Gasteiger partial charge on any atom is -0.361 e. The molecule has 246 valence electrons. The van der Waals surface area contributed by atoms with Crippen molar-refractivity contribution < 1.29 is 0 Å². The molecule has 1 saturated heterocycles. The van der Waals surface area contributed by atoms with E-state index in [0.29, 0.717) is 35.9 Å². The number of anilines is 3. The van der Waals surface area contributed by atoms with E-state index in [4.69, 9.17) is 0 Å². The number of allylic oxidation sites excluding steroid dienone is 8. The molecule has 6 unspecified atom stereocenters. The van der Waals surface area contributed by atoms with Crippen LogP contribution in [0.3, 0.4) is 0 Å². The van der Waals surface area contributed by atoms with Gasteiger partial charge in [0.2, 0.25) is 0 Å². The first-order chi connectivity index (χ1) is 24.8. The van der Waals surface area contributed by atoms with Crippen molar-refractivity contribution in [2.75, 3.05) is 9.80 Å². The van der Waals surface area contributed by atoms with Gasteiger partial charge in [0, 0.05) is 40.7 Å². The van der Waals surface area contributed by atoms with Gasteiger partial charge < -0.3 is 9.80 Å². The highest BCUT2D eigenvalue weighted by Crippen LogP contribution is 2.54. The third-order valence-electron chi connectivity index (χ3n) is 12.2. The Bertz CT molecular complexity index is 2110. The van der Waals surface area contributed by atoms with Gasteiger partial charge in [0.1, 0.15) is 0 Å². The Morgan fingerprint density at radius 1 is 0.540 bits per heavy atom. The Morgan fingerprint density at radius 2 is 1.38 bits per heavy atom. The molecule has 0 N–H and O–H groups in total. The van der Waals surface area contributed by atoms with Crippen LogP contribution in [0.2, 0.25) is 0 Å². The third-order valence-corrected chi connectivity index (χ3v) is 12.2. The largest absolute Gasteiger partial charge is 0.361 e. The maximum absolute atomic E-state index is 2.76. The Balaban J connectivity index is 1.03. The van der Waals surface area contributed by atoms with E-state index in [9.17, 15) is 0 Å². The van der Waals surface area contributed by atoms with Crippen molar-refractivity contribution in [1.82, 2.24) is 0 Å². The Labute approximate surface area is 297 Å². The summed E-state index contributed by atoms with van der Waals surface area (Å²) in [6, 6.07) is 37.8. The van der Waals surface area contributed by atoms with Gasteiger partial charge in [-0.2, -0.15) is 0 Å². The normalized spacial score (nSPS) is 27.4. The summed E-state index contributed by atoms with van der Waals surface area (Å²) in [6.07, 6.45) is 31.5. The number of benzene rings is 4. The molecule has 0 saturated carbocycles. The molecule has 4 aromatic carbocycles. The zero-order valence-electron chi connectivity index (χ0n) is 28.6. The zero-order valence-corrected chi connectivity index (χ0v) is 28.6. The number of rotatable bonds is 5. The Kier molecular flexibility index (Phi) is 7.36. The third kappa shape index (κ3) is 4.91. The minimum atomic E-state index is 0.344. The number of hydrogen-bond donors (Lipinski definition) is 0. The van der Waals surface area contributed by atoms with Gasteiger partial charge in [0.15, 0.2) is 0 Å². The number of hydrogen-bond acceptors (Lipinski definition) is 2. The lowest BCUT2D eigenvalue weighted by Crippen LogP contribution is -2.38. The lowest BCUT2D eigenvalue weighted by molar-refractivity contribution is 0.458. The van der Waals surface area contributed by atoms with E-state index in [1.54, 1.807) is 0 Å². The topological polar surface area (TPSA) is 6.48 Å². The van der Waals surface area contributed by atoms with Crippen molar-refractivity contribution in [3.05, 3.63) is 175 Å². The second kappa shape index (κ2) is 12.4. The molecule has 10 rings (SSSR count). The molecule has 2 nitrogen and oxygen atoms in total. The first-order valence-electron chi connectivity index (χ1n) is 18.9. The smallest absolute Gasteiger partial charge is 0.0592 e. The summed E-state index contributed by atoms with van der Waals surface area (Å²) in [5, 5.41) is 0. The lowest BCUT2D eigenvalue weighted by atomic mass is 9.78. The van der Waals surface area contributed by atoms with Crippen molar-refractivity contribution in [1.29, 1.82) is 0 Å². The molecule has 2 heterocycles. The van der Waals surface area contributed by atoms with E-state index in [1.807, 2.05) is 0 Å². The maximum Gasteiger partial charge on any atom is 0.0592 e. The van der Waals surface area contributed by atoms with Crippen LogP contribution < -0.4 is 9.80 Å². The van der Waals surface area contributed by atoms with Crippen molar-refractivity contribution in [3.63, 3.8) is 0 Å². The molecule has 4 aromatic rings. The summed E-state index contributed by atoms with van der Waals surface area (Å²) in [4.78, 5) is 5.43. The molecule has 0 amide bonds. The average molecular weight is 649 g/mol. The monoisotopic (exact) mass is 648 g/mol. The van der Waals surface area contributed by atoms with Gasteiger partial charge in [-0.25, -0.2) is 0 Å². The molecule has 0 spiro atoms. The Morgan fingerprint density at radius 3 is 2.26 bits per heavy atom. The van der Waals surface area contributed by atoms with Crippen LogP contribution in [0, 0.1) is 11.8 Å². The van der Waals surface area contributed by atoms with E-state index in [1.165, 1.54) is 68.9 Å². The van der Waals surface area contributed by atoms with Crippen LogP contribution in [0.25, 0.3) is 22.3 Å². The molecule has 6 atom stereocenters. The molecule has 50 heavy (non-hydrogen) atoms. The summed E-state index contributed by atoms with van der Waals surface area (Å²) >= 11 is 0. The van der Waals surface area contributed by atoms with Crippen molar-refractivity contribution in [2.24, 2.45) is 11.8 Å². The standard InChI is InChI=1S/C48H44N2/c1-3-13-33(14-4-1)35-25-28-38(29-26-35)50-46-24-10-7-19-41(46)43-22-12-21-40(48(43)50)37-27-30-47-44(32-37)42-20-8-9-23-45(42)49(47)39-18-11-17-36(31-39)34-15-5-2-6-16-34/h2-3,5-6,8,10-18,20-22,24-32,41-42,44-47H,1,4,7,9,19,23H2. The van der Waals surface area contributed by atoms with Crippen LogP contribution >= 0.6 is 0 Å². The summed E-state index contributed by atoms with van der Waals surface area (Å²) in [5.74, 6) is 1.45. The first kappa shape index (κ1) is 29.8. The summed E-state index contributed by atoms with van der Waals surface area (Å²) in [5.41, 5.74) is 13.5. The van der Waals surface area contributed by atoms with Gasteiger partial charge in [0.05, 0.1) is 17.8 Å². The SMILES string of the molecule is C1=CC(c2ccc(N3c4c(C5=CC6C7C=CCCC7N(c7cccc(-c8ccccc8)c7)C6C=C5)cccc4C4CCC=CC43)cc2)=CCC1. The maximum atomic E-state index is 2.76. The fraction of sp³-hybridized carbons (Fsp3) is 0.250. The van der Waals surface area contributed by atoms with Gasteiger partial charge in [-0.05, 0) is 96.2 Å². The molecule has 6 aliphatic rings. The van der Waals surface area contributed by atoms with Gasteiger partial charge in [-0.3, -0.25) is 0 Å².